The van der Waals surface area contributed by atoms with Crippen molar-refractivity contribution in [2.24, 2.45) is 5.92 Å². The second-order valence-electron chi connectivity index (χ2n) is 6.32. The number of benzene rings is 1. The van der Waals surface area contributed by atoms with Crippen LogP contribution in [0.25, 0.3) is 0 Å². The van der Waals surface area contributed by atoms with Gasteiger partial charge in [0.2, 0.25) is 5.91 Å². The molecular formula is C18H28N2O. The zero-order chi connectivity index (χ0) is 15.2. The summed E-state index contributed by atoms with van der Waals surface area (Å²) in [6, 6.07) is 11.5. The molecule has 0 saturated carbocycles. The molecule has 1 aliphatic rings. The molecule has 1 aliphatic heterocycles. The number of carbonyl (C=O) groups is 1. The van der Waals surface area contributed by atoms with Crippen LogP contribution in [-0.2, 0) is 11.2 Å². The van der Waals surface area contributed by atoms with E-state index in [0.717, 1.165) is 25.9 Å². The number of likely N-dealkylation sites (tertiary alicyclic amines) is 1. The molecule has 1 heterocycles. The van der Waals surface area contributed by atoms with Crippen LogP contribution in [0, 0.1) is 5.92 Å². The maximum atomic E-state index is 11.6. The molecule has 3 atom stereocenters. The van der Waals surface area contributed by atoms with E-state index < -0.39 is 0 Å². The average Bonchev–Trinajstić information content (AvgIpc) is 2.50. The van der Waals surface area contributed by atoms with Crippen molar-refractivity contribution < 1.29 is 4.79 Å². The Labute approximate surface area is 128 Å². The minimum atomic E-state index is 0.178. The van der Waals surface area contributed by atoms with Gasteiger partial charge in [0.1, 0.15) is 0 Å². The van der Waals surface area contributed by atoms with Gasteiger partial charge in [-0.05, 0) is 31.2 Å². The summed E-state index contributed by atoms with van der Waals surface area (Å²) in [6.45, 7) is 8.62. The molecule has 0 aromatic heterocycles. The fourth-order valence-corrected chi connectivity index (χ4v) is 3.17. The minimum absolute atomic E-state index is 0.178. The summed E-state index contributed by atoms with van der Waals surface area (Å²) < 4.78 is 0. The van der Waals surface area contributed by atoms with Gasteiger partial charge in [0.15, 0.2) is 0 Å². The monoisotopic (exact) mass is 288 g/mol. The summed E-state index contributed by atoms with van der Waals surface area (Å²) in [4.78, 5) is 14.2. The molecule has 0 radical (unpaired) electrons. The third kappa shape index (κ3) is 4.57. The van der Waals surface area contributed by atoms with Crippen molar-refractivity contribution in [2.45, 2.75) is 52.1 Å². The van der Waals surface area contributed by atoms with Crippen LogP contribution < -0.4 is 5.32 Å². The molecule has 0 bridgehead atoms. The second-order valence-corrected chi connectivity index (χ2v) is 6.32. The zero-order valence-electron chi connectivity index (χ0n) is 13.5. The molecule has 0 unspecified atom stereocenters. The fraction of sp³-hybridized carbons (Fsp3) is 0.611. The van der Waals surface area contributed by atoms with Crippen LogP contribution in [0.3, 0.4) is 0 Å². The molecule has 1 fully saturated rings. The summed E-state index contributed by atoms with van der Waals surface area (Å²) in [6.07, 6.45) is 2.74. The topological polar surface area (TPSA) is 32.3 Å². The predicted octanol–water partition coefficient (Wildman–Crippen LogP) is 2.85. The number of carbonyl (C=O) groups excluding carboxylic acids is 1. The van der Waals surface area contributed by atoms with Crippen molar-refractivity contribution in [3.63, 3.8) is 0 Å². The van der Waals surface area contributed by atoms with E-state index in [9.17, 15) is 4.79 Å². The first kappa shape index (κ1) is 16.0. The summed E-state index contributed by atoms with van der Waals surface area (Å²) in [5.41, 5.74) is 1.40. The van der Waals surface area contributed by atoms with E-state index in [1.54, 1.807) is 0 Å². The van der Waals surface area contributed by atoms with Crippen molar-refractivity contribution in [3.05, 3.63) is 35.9 Å². The van der Waals surface area contributed by atoms with Gasteiger partial charge in [-0.25, -0.2) is 0 Å². The van der Waals surface area contributed by atoms with Gasteiger partial charge in [0.25, 0.3) is 0 Å². The van der Waals surface area contributed by atoms with Crippen LogP contribution in [0.1, 0.15) is 39.2 Å². The van der Waals surface area contributed by atoms with Crippen LogP contribution in [0.5, 0.6) is 0 Å². The fourth-order valence-electron chi connectivity index (χ4n) is 3.17. The van der Waals surface area contributed by atoms with E-state index in [1.165, 1.54) is 5.56 Å². The Hall–Kier alpha value is -1.35. The SMILES string of the molecule is CCC(=O)N[C@H]1C[C@H](C)N(CCc2ccccc2)C[C@@H]1C. The molecule has 116 valence electrons. The third-order valence-electron chi connectivity index (χ3n) is 4.63. The Morgan fingerprint density at radius 2 is 2.00 bits per heavy atom. The van der Waals surface area contributed by atoms with Crippen molar-refractivity contribution in [1.82, 2.24) is 10.2 Å². The van der Waals surface area contributed by atoms with Gasteiger partial charge in [0.05, 0.1) is 0 Å². The highest BCUT2D eigenvalue weighted by Gasteiger charge is 2.31. The Balaban J connectivity index is 1.85. The first-order valence-corrected chi connectivity index (χ1v) is 8.17. The molecule has 0 aliphatic carbocycles. The van der Waals surface area contributed by atoms with Gasteiger partial charge in [-0.15, -0.1) is 0 Å². The van der Waals surface area contributed by atoms with Crippen molar-refractivity contribution in [1.29, 1.82) is 0 Å². The van der Waals surface area contributed by atoms with Crippen LogP contribution in [-0.4, -0.2) is 36.0 Å². The van der Waals surface area contributed by atoms with Gasteiger partial charge >= 0.3 is 0 Å². The van der Waals surface area contributed by atoms with Crippen LogP contribution >= 0.6 is 0 Å². The quantitative estimate of drug-likeness (QED) is 0.903. The maximum absolute atomic E-state index is 11.6. The Bertz CT molecular complexity index is 446. The summed E-state index contributed by atoms with van der Waals surface area (Å²) >= 11 is 0. The van der Waals surface area contributed by atoms with E-state index >= 15 is 0 Å². The normalized spacial score (nSPS) is 26.5. The van der Waals surface area contributed by atoms with Gasteiger partial charge in [0, 0.05) is 31.6 Å². The highest BCUT2D eigenvalue weighted by Crippen LogP contribution is 2.22. The Kier molecular flexibility index (Phi) is 5.80. The number of hydrogen-bond acceptors (Lipinski definition) is 2. The molecule has 1 aromatic rings. The number of rotatable bonds is 5. The number of nitrogens with zero attached hydrogens (tertiary/aromatic N) is 1. The standard InChI is InChI=1S/C18H28N2O/c1-4-18(21)19-17-12-15(3)20(13-14(17)2)11-10-16-8-6-5-7-9-16/h5-9,14-15,17H,4,10-13H2,1-3H3,(H,19,21)/t14-,15-,17-/m0/s1. The molecule has 21 heavy (non-hydrogen) atoms. The molecule has 1 aromatic carbocycles. The smallest absolute Gasteiger partial charge is 0.219 e. The molecule has 2 rings (SSSR count). The lowest BCUT2D eigenvalue weighted by atomic mass is 9.89. The molecule has 0 spiro atoms. The van der Waals surface area contributed by atoms with Crippen molar-refractivity contribution in [2.75, 3.05) is 13.1 Å². The van der Waals surface area contributed by atoms with E-state index in [0.29, 0.717) is 24.4 Å². The number of nitrogens with one attached hydrogen (secondary N) is 1. The summed E-state index contributed by atoms with van der Waals surface area (Å²) in [5, 5.41) is 3.18. The van der Waals surface area contributed by atoms with Gasteiger partial charge < -0.3 is 5.32 Å². The number of piperidine rings is 1. The average molecular weight is 288 g/mol. The van der Waals surface area contributed by atoms with Crippen LogP contribution in [0.15, 0.2) is 30.3 Å². The van der Waals surface area contributed by atoms with Crippen LogP contribution in [0.4, 0.5) is 0 Å². The van der Waals surface area contributed by atoms with Gasteiger partial charge in [-0.1, -0.05) is 44.2 Å². The van der Waals surface area contributed by atoms with E-state index in [4.69, 9.17) is 0 Å². The minimum Gasteiger partial charge on any atom is -0.353 e. The lowest BCUT2D eigenvalue weighted by molar-refractivity contribution is -0.122. The van der Waals surface area contributed by atoms with Gasteiger partial charge in [-0.3, -0.25) is 9.69 Å². The maximum Gasteiger partial charge on any atom is 0.219 e. The number of hydrogen-bond donors (Lipinski definition) is 1. The number of amides is 1. The Morgan fingerprint density at radius 1 is 1.29 bits per heavy atom. The summed E-state index contributed by atoms with van der Waals surface area (Å²) in [5.74, 6) is 0.698. The van der Waals surface area contributed by atoms with E-state index in [-0.39, 0.29) is 5.91 Å². The Morgan fingerprint density at radius 3 is 2.67 bits per heavy atom. The van der Waals surface area contributed by atoms with E-state index in [2.05, 4.69) is 54.4 Å². The van der Waals surface area contributed by atoms with Gasteiger partial charge in [-0.2, -0.15) is 0 Å². The molecule has 3 nitrogen and oxygen atoms in total. The highest BCUT2D eigenvalue weighted by molar-refractivity contribution is 5.75. The summed E-state index contributed by atoms with van der Waals surface area (Å²) in [7, 11) is 0. The van der Waals surface area contributed by atoms with Crippen molar-refractivity contribution >= 4 is 5.91 Å². The van der Waals surface area contributed by atoms with Crippen molar-refractivity contribution in [3.8, 4) is 0 Å². The molecule has 1 N–H and O–H groups in total. The second kappa shape index (κ2) is 7.60. The molecule has 1 saturated heterocycles. The predicted molar refractivity (Wildman–Crippen MR) is 87.2 cm³/mol. The molecule has 1 amide bonds. The third-order valence-corrected chi connectivity index (χ3v) is 4.63. The molecular weight excluding hydrogens is 260 g/mol. The lowest BCUT2D eigenvalue weighted by Gasteiger charge is -2.42. The first-order chi connectivity index (χ1) is 10.1. The first-order valence-electron chi connectivity index (χ1n) is 8.17. The zero-order valence-corrected chi connectivity index (χ0v) is 13.5. The largest absolute Gasteiger partial charge is 0.353 e. The molecule has 3 heteroatoms. The van der Waals surface area contributed by atoms with Crippen LogP contribution in [0.2, 0.25) is 0 Å². The highest BCUT2D eigenvalue weighted by atomic mass is 16.1. The van der Waals surface area contributed by atoms with E-state index in [1.807, 2.05) is 6.92 Å². The lowest BCUT2D eigenvalue weighted by Crippen LogP contribution is -2.53.